The maximum Gasteiger partial charge on any atom is 0.331 e. The molecule has 0 saturated heterocycles. The van der Waals surface area contributed by atoms with Crippen LogP contribution < -0.4 is 0 Å². The zero-order valence-electron chi connectivity index (χ0n) is 17.8. The summed E-state index contributed by atoms with van der Waals surface area (Å²) in [4.78, 5) is 52.8. The Morgan fingerprint density at radius 3 is 2.45 bits per heavy atom. The third kappa shape index (κ3) is 8.29. The van der Waals surface area contributed by atoms with Crippen molar-refractivity contribution in [2.75, 3.05) is 0 Å². The molecule has 1 aromatic rings. The third-order valence-corrected chi connectivity index (χ3v) is 5.05. The molecular formula is C22H25NO7S. The first-order valence-electron chi connectivity index (χ1n) is 9.73. The Labute approximate surface area is 184 Å². The first-order chi connectivity index (χ1) is 14.6. The molecule has 0 aromatic carbocycles. The van der Waals surface area contributed by atoms with Crippen LogP contribution in [0.3, 0.4) is 0 Å². The Morgan fingerprint density at radius 1 is 1.06 bits per heavy atom. The Morgan fingerprint density at radius 2 is 1.77 bits per heavy atom. The number of ketones is 1. The summed E-state index contributed by atoms with van der Waals surface area (Å²) in [7, 11) is 0. The smallest absolute Gasteiger partial charge is 0.331 e. The van der Waals surface area contributed by atoms with E-state index in [1.54, 1.807) is 19.9 Å². The van der Waals surface area contributed by atoms with Crippen molar-refractivity contribution in [2.24, 2.45) is 0 Å². The summed E-state index contributed by atoms with van der Waals surface area (Å²) < 4.78 is 15.7. The van der Waals surface area contributed by atoms with Crippen molar-refractivity contribution >= 4 is 41.1 Å². The molecule has 0 aliphatic carbocycles. The van der Waals surface area contributed by atoms with E-state index in [0.717, 1.165) is 17.2 Å². The van der Waals surface area contributed by atoms with Crippen molar-refractivity contribution in [3.05, 3.63) is 46.0 Å². The Hall–Kier alpha value is -3.07. The van der Waals surface area contributed by atoms with E-state index in [2.05, 4.69) is 4.98 Å². The van der Waals surface area contributed by atoms with Gasteiger partial charge in [0, 0.05) is 24.0 Å². The van der Waals surface area contributed by atoms with E-state index < -0.39 is 42.0 Å². The molecule has 1 aliphatic heterocycles. The highest BCUT2D eigenvalue weighted by molar-refractivity contribution is 7.09. The number of hydrogen-bond donors (Lipinski definition) is 0. The van der Waals surface area contributed by atoms with Gasteiger partial charge >= 0.3 is 17.9 Å². The summed E-state index contributed by atoms with van der Waals surface area (Å²) in [6.45, 7) is 6.67. The van der Waals surface area contributed by atoms with Crippen molar-refractivity contribution < 1.29 is 33.4 Å². The van der Waals surface area contributed by atoms with Crippen molar-refractivity contribution in [2.45, 2.75) is 58.8 Å². The first kappa shape index (κ1) is 24.2. The molecule has 9 heteroatoms. The second-order valence-corrected chi connectivity index (χ2v) is 8.12. The van der Waals surface area contributed by atoms with E-state index in [1.807, 2.05) is 12.3 Å². The minimum atomic E-state index is -1.06. The largest absolute Gasteiger partial charge is 0.462 e. The van der Waals surface area contributed by atoms with E-state index in [9.17, 15) is 19.2 Å². The van der Waals surface area contributed by atoms with Crippen LogP contribution in [0.1, 0.15) is 44.3 Å². The highest BCUT2D eigenvalue weighted by Gasteiger charge is 2.23. The van der Waals surface area contributed by atoms with Crippen LogP contribution in [0.25, 0.3) is 6.08 Å². The number of esters is 3. The number of ether oxygens (including phenoxy) is 3. The van der Waals surface area contributed by atoms with Gasteiger partial charge in [0.25, 0.3) is 0 Å². The van der Waals surface area contributed by atoms with Gasteiger partial charge in [-0.15, -0.1) is 11.3 Å². The number of aryl methyl sites for hydroxylation is 1. The fourth-order valence-corrected chi connectivity index (χ4v) is 3.20. The average molecular weight is 448 g/mol. The summed E-state index contributed by atoms with van der Waals surface area (Å²) in [5.41, 5.74) is 1.29. The highest BCUT2D eigenvalue weighted by atomic mass is 32.1. The van der Waals surface area contributed by atoms with Gasteiger partial charge in [-0.3, -0.25) is 9.59 Å². The first-order valence-corrected chi connectivity index (χ1v) is 10.6. The molecule has 2 rings (SSSR count). The molecule has 166 valence electrons. The van der Waals surface area contributed by atoms with Crippen molar-refractivity contribution in [1.29, 1.82) is 0 Å². The molecule has 0 spiro atoms. The predicted octanol–water partition coefficient (Wildman–Crippen LogP) is 3.11. The van der Waals surface area contributed by atoms with Gasteiger partial charge < -0.3 is 14.2 Å². The van der Waals surface area contributed by atoms with Crippen LogP contribution in [0.2, 0.25) is 0 Å². The lowest BCUT2D eigenvalue weighted by Gasteiger charge is -2.19. The maximum absolute atomic E-state index is 12.4. The molecule has 0 bridgehead atoms. The summed E-state index contributed by atoms with van der Waals surface area (Å²) in [5, 5.41) is 2.73. The number of carbonyl (C=O) groups excluding carboxylic acids is 4. The Balaban J connectivity index is 2.26. The van der Waals surface area contributed by atoms with Gasteiger partial charge in [-0.1, -0.05) is 6.08 Å². The number of carbonyl (C=O) groups is 4. The van der Waals surface area contributed by atoms with Crippen LogP contribution in [0.15, 0.2) is 35.3 Å². The molecule has 1 unspecified atom stereocenters. The van der Waals surface area contributed by atoms with Gasteiger partial charge in [0.05, 0.1) is 17.1 Å². The van der Waals surface area contributed by atoms with E-state index in [0.29, 0.717) is 11.3 Å². The lowest BCUT2D eigenvalue weighted by atomic mass is 10.1. The normalized spacial score (nSPS) is 26.6. The van der Waals surface area contributed by atoms with E-state index in [-0.39, 0.29) is 12.8 Å². The van der Waals surface area contributed by atoms with Gasteiger partial charge in [0.2, 0.25) is 0 Å². The van der Waals surface area contributed by atoms with E-state index in [4.69, 9.17) is 14.2 Å². The number of aromatic nitrogens is 1. The van der Waals surface area contributed by atoms with Crippen LogP contribution in [-0.2, 0) is 33.4 Å². The Bertz CT molecular complexity index is 928. The van der Waals surface area contributed by atoms with Gasteiger partial charge in [0.15, 0.2) is 11.9 Å². The zero-order chi connectivity index (χ0) is 23.0. The fourth-order valence-electron chi connectivity index (χ4n) is 2.63. The summed E-state index contributed by atoms with van der Waals surface area (Å²) in [5.74, 6) is -2.66. The lowest BCUT2D eigenvalue weighted by molar-refractivity contribution is -0.153. The standard InChI is InChI=1S/C22H25NO7S/c1-13(10-17-12-31-16(4)23-17)19-11-22(27)28-14(2)6-5-7-20(25)29-15(3)18(24)8-9-21(26)30-19/h5,7-10,12,14-15,19H,6,11H2,1-4H3/b7-5+,9-8+,13-10+/t14-,15+,19?/m1/s1. The van der Waals surface area contributed by atoms with E-state index >= 15 is 0 Å². The van der Waals surface area contributed by atoms with Crippen LogP contribution in [0.4, 0.5) is 0 Å². The van der Waals surface area contributed by atoms with E-state index in [1.165, 1.54) is 30.4 Å². The maximum atomic E-state index is 12.4. The zero-order valence-corrected chi connectivity index (χ0v) is 18.6. The van der Waals surface area contributed by atoms with Gasteiger partial charge in [0.1, 0.15) is 12.2 Å². The second kappa shape index (κ2) is 11.4. The SMILES string of the molecule is C/C(=C\c1csc(C)n1)C1CC(=O)O[C@H](C)C/C=C/C(=O)O[C@@H](C)C(=O)/C=C/C(=O)O1. The molecule has 1 aromatic heterocycles. The number of nitrogens with zero attached hydrogens (tertiary/aromatic N) is 1. The van der Waals surface area contributed by atoms with Gasteiger partial charge in [-0.05, 0) is 45.4 Å². The molecule has 0 saturated carbocycles. The third-order valence-electron chi connectivity index (χ3n) is 4.26. The fraction of sp³-hybridized carbons (Fsp3) is 0.409. The van der Waals surface area contributed by atoms with Crippen LogP contribution in [-0.4, -0.2) is 47.0 Å². The summed E-state index contributed by atoms with van der Waals surface area (Å²) >= 11 is 1.48. The van der Waals surface area contributed by atoms with Crippen LogP contribution in [0.5, 0.6) is 0 Å². The molecular weight excluding hydrogens is 422 g/mol. The van der Waals surface area contributed by atoms with Crippen molar-refractivity contribution in [3.8, 4) is 0 Å². The Kier molecular flexibility index (Phi) is 8.87. The molecule has 0 radical (unpaired) electrons. The number of hydrogen-bond acceptors (Lipinski definition) is 9. The second-order valence-electron chi connectivity index (χ2n) is 7.06. The summed E-state index contributed by atoms with van der Waals surface area (Å²) in [6, 6.07) is 0. The number of thiazole rings is 1. The average Bonchev–Trinajstić information content (AvgIpc) is 3.09. The minimum Gasteiger partial charge on any atom is -0.462 e. The topological polar surface area (TPSA) is 109 Å². The number of rotatable bonds is 2. The molecule has 0 amide bonds. The van der Waals surface area contributed by atoms with Crippen LogP contribution in [0, 0.1) is 6.92 Å². The van der Waals surface area contributed by atoms with Crippen molar-refractivity contribution in [3.63, 3.8) is 0 Å². The lowest BCUT2D eigenvalue weighted by Crippen LogP contribution is -2.26. The quantitative estimate of drug-likeness (QED) is 0.503. The molecule has 2 heterocycles. The summed E-state index contributed by atoms with van der Waals surface area (Å²) in [6.07, 6.45) is 3.94. The molecule has 31 heavy (non-hydrogen) atoms. The molecule has 0 fully saturated rings. The molecule has 8 nitrogen and oxygen atoms in total. The highest BCUT2D eigenvalue weighted by Crippen LogP contribution is 2.19. The van der Waals surface area contributed by atoms with Crippen LogP contribution >= 0.6 is 11.3 Å². The van der Waals surface area contributed by atoms with Crippen molar-refractivity contribution in [1.82, 2.24) is 4.98 Å². The molecule has 3 atom stereocenters. The minimum absolute atomic E-state index is 0.203. The predicted molar refractivity (Wildman–Crippen MR) is 114 cm³/mol. The molecule has 1 aliphatic rings. The number of cyclic esters (lactones) is 3. The van der Waals surface area contributed by atoms with Gasteiger partial charge in [-0.2, -0.15) is 0 Å². The van der Waals surface area contributed by atoms with Gasteiger partial charge in [-0.25, -0.2) is 14.6 Å². The molecule has 0 N–H and O–H groups in total. The monoisotopic (exact) mass is 447 g/mol.